The standard InChI is InChI=1S/C38H42N4O5Si/c1-24-36(46-3)31-22-27(42-32-11-7-9-25-8-6-10-30(35(25)32)38(42)44)12-17-33(31)47-37(24)34(18-20-41-23-26(19-21-43)39-40-41)48(4,5)29-15-13-28(45-2)14-16-29/h6-17,22-24,34,36-37,43H,18-21H2,1-5H3/t24-,34?,36-,37-/m0/s1. The molecule has 0 radical (unpaired) electrons. The summed E-state index contributed by atoms with van der Waals surface area (Å²) in [5, 5.41) is 21.3. The molecule has 0 spiro atoms. The van der Waals surface area contributed by atoms with E-state index in [4.69, 9.17) is 14.2 Å². The third-order valence-corrected chi connectivity index (χ3v) is 14.7. The van der Waals surface area contributed by atoms with Gasteiger partial charge in [-0.3, -0.25) is 14.4 Å². The van der Waals surface area contributed by atoms with Gasteiger partial charge in [-0.15, -0.1) is 5.10 Å². The number of carbonyl (C=O) groups excluding carboxylic acids is 1. The molecule has 2 aliphatic heterocycles. The summed E-state index contributed by atoms with van der Waals surface area (Å²) in [5.41, 5.74) is 4.33. The van der Waals surface area contributed by atoms with Crippen LogP contribution in [0.5, 0.6) is 11.5 Å². The van der Waals surface area contributed by atoms with E-state index >= 15 is 0 Å². The zero-order valence-corrected chi connectivity index (χ0v) is 29.1. The molecule has 0 aliphatic carbocycles. The van der Waals surface area contributed by atoms with Gasteiger partial charge in [-0.1, -0.05) is 66.8 Å². The van der Waals surface area contributed by atoms with Crippen molar-refractivity contribution in [2.75, 3.05) is 25.7 Å². The molecule has 10 heteroatoms. The molecular weight excluding hydrogens is 621 g/mol. The second kappa shape index (κ2) is 12.8. The zero-order valence-electron chi connectivity index (χ0n) is 28.1. The summed E-state index contributed by atoms with van der Waals surface area (Å²) in [6, 6.07) is 26.5. The molecule has 4 atom stereocenters. The first-order valence-electron chi connectivity index (χ1n) is 16.6. The predicted octanol–water partition coefficient (Wildman–Crippen LogP) is 6.43. The van der Waals surface area contributed by atoms with Crippen molar-refractivity contribution < 1.29 is 24.1 Å². The SMILES string of the molecule is COc1ccc([Si](C)(C)C(CCn2cc(CCO)nn2)[C@H]2Oc3ccc(N4C(=O)c5cccc6cccc4c56)cc3[C@@H](OC)[C@@H]2C)cc1. The topological polar surface area (TPSA) is 98.9 Å². The summed E-state index contributed by atoms with van der Waals surface area (Å²) in [5.74, 6) is 1.61. The Morgan fingerprint density at radius 1 is 1.02 bits per heavy atom. The van der Waals surface area contributed by atoms with E-state index in [1.165, 1.54) is 5.19 Å². The lowest BCUT2D eigenvalue weighted by Crippen LogP contribution is -2.54. The predicted molar refractivity (Wildman–Crippen MR) is 189 cm³/mol. The number of hydrogen-bond donors (Lipinski definition) is 1. The number of aliphatic hydroxyl groups excluding tert-OH is 1. The number of aliphatic hydroxyl groups is 1. The highest BCUT2D eigenvalue weighted by atomic mass is 28.3. The van der Waals surface area contributed by atoms with Gasteiger partial charge in [0.25, 0.3) is 5.91 Å². The molecule has 4 aromatic carbocycles. The lowest BCUT2D eigenvalue weighted by atomic mass is 9.86. The van der Waals surface area contributed by atoms with Crippen molar-refractivity contribution in [1.82, 2.24) is 15.0 Å². The average Bonchev–Trinajstić information content (AvgIpc) is 3.67. The van der Waals surface area contributed by atoms with E-state index in [0.717, 1.165) is 56.9 Å². The molecule has 0 saturated carbocycles. The van der Waals surface area contributed by atoms with Crippen molar-refractivity contribution in [3.05, 3.63) is 102 Å². The second-order valence-corrected chi connectivity index (χ2v) is 18.2. The van der Waals surface area contributed by atoms with Crippen LogP contribution in [0.4, 0.5) is 11.4 Å². The summed E-state index contributed by atoms with van der Waals surface area (Å²) < 4.78 is 20.7. The van der Waals surface area contributed by atoms with Gasteiger partial charge in [-0.2, -0.15) is 0 Å². The molecule has 3 heterocycles. The van der Waals surface area contributed by atoms with Gasteiger partial charge in [0, 0.05) is 55.4 Å². The number of benzene rings is 4. The average molecular weight is 663 g/mol. The van der Waals surface area contributed by atoms with E-state index < -0.39 is 8.07 Å². The molecule has 7 rings (SSSR count). The van der Waals surface area contributed by atoms with Crippen LogP contribution in [-0.4, -0.2) is 61.0 Å². The normalized spacial score (nSPS) is 19.3. The van der Waals surface area contributed by atoms with E-state index in [1.807, 2.05) is 76.4 Å². The Hall–Kier alpha value is -4.51. The van der Waals surface area contributed by atoms with Crippen molar-refractivity contribution in [3.63, 3.8) is 0 Å². The van der Waals surface area contributed by atoms with Gasteiger partial charge in [-0.05, 0) is 59.8 Å². The van der Waals surface area contributed by atoms with Crippen LogP contribution in [0.3, 0.4) is 0 Å². The van der Waals surface area contributed by atoms with Crippen LogP contribution in [0.2, 0.25) is 18.6 Å². The minimum atomic E-state index is -2.19. The fourth-order valence-electron chi connectivity index (χ4n) is 7.79. The van der Waals surface area contributed by atoms with Crippen LogP contribution in [0.1, 0.15) is 41.1 Å². The van der Waals surface area contributed by atoms with Crippen molar-refractivity contribution >= 4 is 41.3 Å². The summed E-state index contributed by atoms with van der Waals surface area (Å²) in [6.45, 7) is 7.75. The van der Waals surface area contributed by atoms with Crippen molar-refractivity contribution in [2.45, 2.75) is 57.2 Å². The monoisotopic (exact) mass is 662 g/mol. The summed E-state index contributed by atoms with van der Waals surface area (Å²) >= 11 is 0. The van der Waals surface area contributed by atoms with E-state index in [2.05, 4.69) is 48.5 Å². The molecule has 1 unspecified atom stereocenters. The molecule has 248 valence electrons. The summed E-state index contributed by atoms with van der Waals surface area (Å²) in [6.07, 6.45) is 2.87. The van der Waals surface area contributed by atoms with Crippen LogP contribution in [0.15, 0.2) is 85.1 Å². The number of ether oxygens (including phenoxy) is 3. The molecule has 48 heavy (non-hydrogen) atoms. The summed E-state index contributed by atoms with van der Waals surface area (Å²) in [4.78, 5) is 15.6. The Morgan fingerprint density at radius 2 is 1.79 bits per heavy atom. The van der Waals surface area contributed by atoms with Crippen molar-refractivity contribution in [1.29, 1.82) is 0 Å². The highest BCUT2D eigenvalue weighted by Crippen LogP contribution is 2.49. The molecular formula is C38H42N4O5Si. The quantitative estimate of drug-likeness (QED) is 0.163. The largest absolute Gasteiger partial charge is 0.497 e. The fraction of sp³-hybridized carbons (Fsp3) is 0.342. The van der Waals surface area contributed by atoms with Gasteiger partial charge in [0.2, 0.25) is 0 Å². The van der Waals surface area contributed by atoms with Crippen LogP contribution in [0, 0.1) is 5.92 Å². The number of rotatable bonds is 11. The molecule has 2 aliphatic rings. The lowest BCUT2D eigenvalue weighted by molar-refractivity contribution is -0.0233. The summed E-state index contributed by atoms with van der Waals surface area (Å²) in [7, 11) is 1.25. The molecule has 1 aromatic heterocycles. The van der Waals surface area contributed by atoms with Gasteiger partial charge in [-0.25, -0.2) is 0 Å². The maximum Gasteiger partial charge on any atom is 0.263 e. The Labute approximate surface area is 282 Å². The minimum absolute atomic E-state index is 0.0170. The first-order valence-corrected chi connectivity index (χ1v) is 19.7. The van der Waals surface area contributed by atoms with Gasteiger partial charge in [0.15, 0.2) is 0 Å². The third kappa shape index (κ3) is 5.47. The second-order valence-electron chi connectivity index (χ2n) is 13.4. The van der Waals surface area contributed by atoms with Crippen molar-refractivity contribution in [3.8, 4) is 11.5 Å². The van der Waals surface area contributed by atoms with E-state index in [1.54, 1.807) is 14.2 Å². The molecule has 1 N–H and O–H groups in total. The molecule has 5 aromatic rings. The van der Waals surface area contributed by atoms with E-state index in [9.17, 15) is 9.90 Å². The Morgan fingerprint density at radius 3 is 2.52 bits per heavy atom. The number of amides is 1. The van der Waals surface area contributed by atoms with Gasteiger partial charge in [0.1, 0.15) is 17.6 Å². The highest BCUT2D eigenvalue weighted by Gasteiger charge is 2.47. The highest BCUT2D eigenvalue weighted by molar-refractivity contribution is 6.91. The number of methoxy groups -OCH3 is 2. The maximum atomic E-state index is 13.8. The lowest BCUT2D eigenvalue weighted by Gasteiger charge is -2.46. The number of nitrogens with zero attached hydrogens (tertiary/aromatic N) is 4. The Bertz CT molecular complexity index is 1950. The Balaban J connectivity index is 1.24. The Kier molecular flexibility index (Phi) is 8.57. The van der Waals surface area contributed by atoms with Gasteiger partial charge >= 0.3 is 0 Å². The fourth-order valence-corrected chi connectivity index (χ4v) is 11.3. The van der Waals surface area contributed by atoms with Crippen LogP contribution >= 0.6 is 0 Å². The van der Waals surface area contributed by atoms with Gasteiger partial charge in [0.05, 0.1) is 38.2 Å². The number of carbonyl (C=O) groups is 1. The number of aryl methyl sites for hydroxylation is 1. The third-order valence-electron chi connectivity index (χ3n) is 10.4. The van der Waals surface area contributed by atoms with E-state index in [-0.39, 0.29) is 36.2 Å². The molecule has 0 fully saturated rings. The number of anilines is 2. The van der Waals surface area contributed by atoms with Crippen LogP contribution < -0.4 is 19.6 Å². The first kappa shape index (κ1) is 32.1. The zero-order chi connectivity index (χ0) is 33.6. The number of aromatic nitrogens is 3. The van der Waals surface area contributed by atoms with Crippen LogP contribution in [-0.2, 0) is 17.7 Å². The smallest absolute Gasteiger partial charge is 0.263 e. The molecule has 0 bridgehead atoms. The van der Waals surface area contributed by atoms with Crippen molar-refractivity contribution in [2.24, 2.45) is 5.92 Å². The first-order chi connectivity index (χ1) is 23.2. The van der Waals surface area contributed by atoms with Crippen LogP contribution in [0.25, 0.3) is 10.8 Å². The molecule has 9 nitrogen and oxygen atoms in total. The minimum Gasteiger partial charge on any atom is -0.497 e. The van der Waals surface area contributed by atoms with E-state index in [0.29, 0.717) is 13.0 Å². The van der Waals surface area contributed by atoms with Gasteiger partial charge < -0.3 is 19.3 Å². The number of hydrogen-bond acceptors (Lipinski definition) is 7. The maximum absolute atomic E-state index is 13.8. The molecule has 0 saturated heterocycles. The molecule has 1 amide bonds. The number of fused-ring (bicyclic) bond motifs is 1.